The van der Waals surface area contributed by atoms with Crippen molar-refractivity contribution < 1.29 is 49.6 Å². The van der Waals surface area contributed by atoms with E-state index in [0.717, 1.165) is 58.2 Å². The summed E-state index contributed by atoms with van der Waals surface area (Å²) in [6, 6.07) is -1.14. The van der Waals surface area contributed by atoms with E-state index >= 15 is 0 Å². The van der Waals surface area contributed by atoms with Crippen LogP contribution in [0.1, 0.15) is 38.5 Å². The standard InChI is InChI=1S/C14H28N2O5.C8H16N2O.C6H14N2O4/c15-9-3-10(16-11(6-17)7-18)5-13(4-9)21-14-2-1-12(8-19)20-14;9-4-5-10-7-8-3-1-2-6-11-8;7-1-2-4(9)5(10)3(8)6(11)12-2/h9-14,16-19H,1-8,15H2;1,3,8,10H,2,4-7,9H2;2-6,9-11H,1,7-8H2/t;;2-,3+,4+,5?,6-/m..0/s1. The van der Waals surface area contributed by atoms with Gasteiger partial charge in [-0.3, -0.25) is 0 Å². The van der Waals surface area contributed by atoms with Gasteiger partial charge in [0.2, 0.25) is 0 Å². The minimum absolute atomic E-state index is 0.00623. The van der Waals surface area contributed by atoms with Crippen LogP contribution in [0.25, 0.3) is 0 Å². The Bertz CT molecular complexity index is 768. The van der Waals surface area contributed by atoms with Crippen molar-refractivity contribution in [3.05, 3.63) is 12.2 Å². The summed E-state index contributed by atoms with van der Waals surface area (Å²) in [5.74, 6) is 0. The molecule has 4 aliphatic rings. The molecule has 44 heavy (non-hydrogen) atoms. The van der Waals surface area contributed by atoms with E-state index in [-0.39, 0.29) is 69.1 Å². The van der Waals surface area contributed by atoms with E-state index in [4.69, 9.17) is 62.3 Å². The van der Waals surface area contributed by atoms with Crippen LogP contribution in [0.5, 0.6) is 0 Å². The van der Waals surface area contributed by atoms with Gasteiger partial charge >= 0.3 is 0 Å². The van der Waals surface area contributed by atoms with Crippen LogP contribution in [0.4, 0.5) is 0 Å². The lowest BCUT2D eigenvalue weighted by molar-refractivity contribution is -0.238. The topological polar surface area (TPSA) is 286 Å². The zero-order valence-electron chi connectivity index (χ0n) is 25.6. The van der Waals surface area contributed by atoms with Gasteiger partial charge in [-0.2, -0.15) is 0 Å². The molecule has 2 saturated heterocycles. The molecule has 1 saturated carbocycles. The van der Waals surface area contributed by atoms with E-state index in [9.17, 15) is 10.2 Å². The van der Waals surface area contributed by atoms with Crippen molar-refractivity contribution in [2.24, 2.45) is 22.9 Å². The summed E-state index contributed by atoms with van der Waals surface area (Å²) >= 11 is 0. The lowest BCUT2D eigenvalue weighted by Crippen LogP contribution is -2.62. The van der Waals surface area contributed by atoms with Gasteiger partial charge in [0.1, 0.15) is 18.3 Å². The summed E-state index contributed by atoms with van der Waals surface area (Å²) in [5.41, 5.74) is 21.9. The molecule has 16 nitrogen and oxygen atoms in total. The van der Waals surface area contributed by atoms with E-state index in [1.807, 2.05) is 0 Å². The molecule has 3 aliphatic heterocycles. The summed E-state index contributed by atoms with van der Waals surface area (Å²) in [5, 5.41) is 61.4. The number of nitrogens with two attached hydrogens (primary N) is 4. The minimum Gasteiger partial charge on any atom is -0.395 e. The van der Waals surface area contributed by atoms with Gasteiger partial charge in [0, 0.05) is 44.7 Å². The van der Waals surface area contributed by atoms with Gasteiger partial charge in [0.05, 0.1) is 56.8 Å². The first-order valence-electron chi connectivity index (χ1n) is 15.6. The van der Waals surface area contributed by atoms with Gasteiger partial charge in [-0.1, -0.05) is 12.2 Å². The third-order valence-corrected chi connectivity index (χ3v) is 7.86. The smallest absolute Gasteiger partial charge is 0.172 e. The molecule has 260 valence electrons. The fourth-order valence-corrected chi connectivity index (χ4v) is 5.40. The summed E-state index contributed by atoms with van der Waals surface area (Å²) < 4.78 is 21.8. The average molecular weight is 639 g/mol. The van der Waals surface area contributed by atoms with Crippen molar-refractivity contribution in [2.45, 2.75) is 112 Å². The largest absolute Gasteiger partial charge is 0.395 e. The molecule has 0 amide bonds. The number of rotatable bonds is 12. The Morgan fingerprint density at radius 3 is 2.30 bits per heavy atom. The Morgan fingerprint density at radius 2 is 1.70 bits per heavy atom. The molecule has 11 atom stereocenters. The van der Waals surface area contributed by atoms with Crippen molar-refractivity contribution in [3.8, 4) is 0 Å². The highest BCUT2D eigenvalue weighted by Crippen LogP contribution is 2.27. The number of nitrogens with one attached hydrogen (secondary N) is 2. The minimum atomic E-state index is -1.27. The van der Waals surface area contributed by atoms with Crippen LogP contribution in [0, 0.1) is 0 Å². The third-order valence-electron chi connectivity index (χ3n) is 7.86. The van der Waals surface area contributed by atoms with E-state index in [2.05, 4.69) is 22.8 Å². The Morgan fingerprint density at radius 1 is 0.955 bits per heavy atom. The number of aliphatic hydroxyl groups is 6. The molecule has 3 fully saturated rings. The van der Waals surface area contributed by atoms with Crippen LogP contribution in [0.15, 0.2) is 12.2 Å². The van der Waals surface area contributed by atoms with Gasteiger partial charge in [0.25, 0.3) is 0 Å². The van der Waals surface area contributed by atoms with Gasteiger partial charge in [-0.25, -0.2) is 0 Å². The molecular weight excluding hydrogens is 580 g/mol. The monoisotopic (exact) mass is 638 g/mol. The quantitative estimate of drug-likeness (QED) is 0.0706. The van der Waals surface area contributed by atoms with Crippen molar-refractivity contribution in [1.29, 1.82) is 0 Å². The molecule has 0 radical (unpaired) electrons. The van der Waals surface area contributed by atoms with Crippen molar-refractivity contribution in [2.75, 3.05) is 52.6 Å². The normalized spacial score (nSPS) is 37.2. The predicted octanol–water partition coefficient (Wildman–Crippen LogP) is -4.72. The van der Waals surface area contributed by atoms with Crippen LogP contribution in [0.2, 0.25) is 0 Å². The van der Waals surface area contributed by atoms with E-state index < -0.39 is 30.6 Å². The Labute approximate surface area is 260 Å². The van der Waals surface area contributed by atoms with Crippen molar-refractivity contribution >= 4 is 0 Å². The summed E-state index contributed by atoms with van der Waals surface area (Å²) in [6.07, 6.45) is 4.85. The Kier molecular flexibility index (Phi) is 19.5. The van der Waals surface area contributed by atoms with Crippen molar-refractivity contribution in [3.63, 3.8) is 0 Å². The molecule has 0 aromatic heterocycles. The predicted molar refractivity (Wildman–Crippen MR) is 162 cm³/mol. The number of ether oxygens (including phenoxy) is 4. The highest BCUT2D eigenvalue weighted by Gasteiger charge is 2.41. The molecule has 0 spiro atoms. The maximum Gasteiger partial charge on any atom is 0.172 e. The van der Waals surface area contributed by atoms with Crippen LogP contribution in [-0.2, 0) is 18.9 Å². The maximum atomic E-state index is 9.28. The number of aliphatic hydroxyl groups excluding tert-OH is 6. The molecule has 16 N–H and O–H groups in total. The Hall–Kier alpha value is -0.900. The van der Waals surface area contributed by atoms with Crippen LogP contribution in [0.3, 0.4) is 0 Å². The average Bonchev–Trinajstić information content (AvgIpc) is 3.49. The summed E-state index contributed by atoms with van der Waals surface area (Å²) in [7, 11) is 0. The van der Waals surface area contributed by atoms with E-state index in [0.29, 0.717) is 6.54 Å². The maximum absolute atomic E-state index is 9.28. The van der Waals surface area contributed by atoms with Crippen LogP contribution >= 0.6 is 0 Å². The highest BCUT2D eigenvalue weighted by atomic mass is 16.7. The van der Waals surface area contributed by atoms with Gasteiger partial charge in [-0.15, -0.1) is 0 Å². The molecule has 1 aliphatic carbocycles. The lowest BCUT2D eigenvalue weighted by Gasteiger charge is -2.38. The summed E-state index contributed by atoms with van der Waals surface area (Å²) in [4.78, 5) is 0. The molecule has 4 rings (SSSR count). The highest BCUT2D eigenvalue weighted by molar-refractivity contribution is 4.94. The first-order chi connectivity index (χ1) is 21.1. The second-order valence-corrected chi connectivity index (χ2v) is 11.6. The number of hydrogen-bond donors (Lipinski definition) is 12. The van der Waals surface area contributed by atoms with Gasteiger partial charge in [-0.05, 0) is 32.1 Å². The fourth-order valence-electron chi connectivity index (χ4n) is 5.40. The first kappa shape index (κ1) is 39.3. The zero-order valence-corrected chi connectivity index (χ0v) is 25.6. The number of hydrogen-bond acceptors (Lipinski definition) is 16. The van der Waals surface area contributed by atoms with E-state index in [1.165, 1.54) is 0 Å². The van der Waals surface area contributed by atoms with Crippen LogP contribution < -0.4 is 33.6 Å². The van der Waals surface area contributed by atoms with Gasteiger partial charge < -0.3 is 83.2 Å². The van der Waals surface area contributed by atoms with Gasteiger partial charge in [0.15, 0.2) is 12.6 Å². The second-order valence-electron chi connectivity index (χ2n) is 11.6. The molecule has 16 heteroatoms. The van der Waals surface area contributed by atoms with E-state index in [1.54, 1.807) is 0 Å². The second kappa shape index (κ2) is 21.8. The molecule has 0 aromatic rings. The molecular formula is C28H58N6O10. The molecule has 3 heterocycles. The SMILES string of the molecule is NC1CC(NC(CO)CO)CC(OC2CCC(CO)O2)C1.NCCNCC1C=CCCO1.NC[C@@H]1O[C@H](O)[C@H](N)C(O)[C@@H]1O. The Balaban J connectivity index is 0.000000250. The lowest BCUT2D eigenvalue weighted by atomic mass is 9.88. The van der Waals surface area contributed by atoms with Crippen molar-refractivity contribution in [1.82, 2.24) is 10.6 Å². The fraction of sp³-hybridized carbons (Fsp3) is 0.929. The molecule has 0 aromatic carbocycles. The van der Waals surface area contributed by atoms with Crippen LogP contribution in [-0.4, -0.2) is 157 Å². The summed E-state index contributed by atoms with van der Waals surface area (Å²) in [6.45, 7) is 3.16. The zero-order chi connectivity index (χ0) is 32.5. The molecule has 0 bridgehead atoms. The molecule has 7 unspecified atom stereocenters. The first-order valence-corrected chi connectivity index (χ1v) is 15.6. The third kappa shape index (κ3) is 13.8.